The molecule has 1 saturated carbocycles. The average Bonchev–Trinajstić information content (AvgIpc) is 3.57. The first kappa shape index (κ1) is 24.4. The molecule has 2 aliphatic rings. The van der Waals surface area contributed by atoms with Gasteiger partial charge >= 0.3 is 0 Å². The van der Waals surface area contributed by atoms with Crippen molar-refractivity contribution in [3.63, 3.8) is 0 Å². The predicted octanol–water partition coefficient (Wildman–Crippen LogP) is 3.94. The molecule has 0 radical (unpaired) electrons. The number of amides is 2. The molecule has 8 nitrogen and oxygen atoms in total. The first-order valence-electron chi connectivity index (χ1n) is 13.2. The summed E-state index contributed by atoms with van der Waals surface area (Å²) in [5.74, 6) is -0.271. The standard InChI is InChI=1S/C28H35N5O3/c1-20-13-15-21(16-14-20)27(28(35)29-18-23-10-7-17-36-23)33(22-8-3-2-4-9-22)26(34)19-32-25-12-6-5-11-24(25)30-31-32/h5-6,11-16,22-23,27H,2-4,7-10,17-19H2,1H3,(H,29,35)/t23-,27+/m1/s1. The molecule has 2 aromatic carbocycles. The van der Waals surface area contributed by atoms with Crippen LogP contribution in [0.2, 0.25) is 0 Å². The molecule has 0 unspecified atom stereocenters. The summed E-state index contributed by atoms with van der Waals surface area (Å²) in [5, 5.41) is 11.6. The molecule has 0 bridgehead atoms. The number of nitrogens with one attached hydrogen (secondary N) is 1. The van der Waals surface area contributed by atoms with Crippen molar-refractivity contribution in [3.05, 3.63) is 59.7 Å². The number of hydrogen-bond acceptors (Lipinski definition) is 5. The van der Waals surface area contributed by atoms with Crippen LogP contribution in [0.25, 0.3) is 11.0 Å². The molecule has 190 valence electrons. The fourth-order valence-electron chi connectivity index (χ4n) is 5.47. The van der Waals surface area contributed by atoms with E-state index in [9.17, 15) is 9.59 Å². The third kappa shape index (κ3) is 5.43. The summed E-state index contributed by atoms with van der Waals surface area (Å²) in [7, 11) is 0. The van der Waals surface area contributed by atoms with E-state index in [0.29, 0.717) is 6.54 Å². The molecule has 2 heterocycles. The number of ether oxygens (including phenoxy) is 1. The summed E-state index contributed by atoms with van der Waals surface area (Å²) in [6, 6.07) is 14.9. The lowest BCUT2D eigenvalue weighted by molar-refractivity contribution is -0.145. The molecule has 2 amide bonds. The minimum atomic E-state index is -0.711. The smallest absolute Gasteiger partial charge is 0.247 e. The summed E-state index contributed by atoms with van der Waals surface area (Å²) in [5.41, 5.74) is 3.50. The number of carbonyl (C=O) groups excluding carboxylic acids is 2. The second-order valence-corrected chi connectivity index (χ2v) is 10.0. The zero-order valence-electron chi connectivity index (χ0n) is 20.9. The van der Waals surface area contributed by atoms with Crippen LogP contribution >= 0.6 is 0 Å². The number of hydrogen-bond donors (Lipinski definition) is 1. The van der Waals surface area contributed by atoms with E-state index < -0.39 is 6.04 Å². The Bertz CT molecular complexity index is 1180. The minimum Gasteiger partial charge on any atom is -0.376 e. The number of rotatable bonds is 8. The van der Waals surface area contributed by atoms with E-state index in [1.165, 1.54) is 0 Å². The molecule has 1 aliphatic carbocycles. The van der Waals surface area contributed by atoms with E-state index in [-0.39, 0.29) is 30.5 Å². The third-order valence-electron chi connectivity index (χ3n) is 7.41. The molecule has 36 heavy (non-hydrogen) atoms. The Morgan fingerprint density at radius 3 is 2.58 bits per heavy atom. The van der Waals surface area contributed by atoms with Crippen molar-refractivity contribution < 1.29 is 14.3 Å². The molecule has 2 fully saturated rings. The first-order chi connectivity index (χ1) is 17.6. The Balaban J connectivity index is 1.47. The highest BCUT2D eigenvalue weighted by atomic mass is 16.5. The van der Waals surface area contributed by atoms with Crippen molar-refractivity contribution in [3.8, 4) is 0 Å². The molecule has 1 aliphatic heterocycles. The second-order valence-electron chi connectivity index (χ2n) is 10.0. The van der Waals surface area contributed by atoms with Gasteiger partial charge in [-0.2, -0.15) is 0 Å². The monoisotopic (exact) mass is 489 g/mol. The van der Waals surface area contributed by atoms with Gasteiger partial charge in [0, 0.05) is 19.2 Å². The molecule has 8 heteroatoms. The number of fused-ring (bicyclic) bond motifs is 1. The molecule has 1 N–H and O–H groups in total. The lowest BCUT2D eigenvalue weighted by Gasteiger charge is -2.39. The van der Waals surface area contributed by atoms with Crippen LogP contribution < -0.4 is 5.32 Å². The van der Waals surface area contributed by atoms with Crippen LogP contribution in [-0.2, 0) is 20.9 Å². The molecule has 3 aromatic rings. The Morgan fingerprint density at radius 2 is 1.83 bits per heavy atom. The quantitative estimate of drug-likeness (QED) is 0.518. The SMILES string of the molecule is Cc1ccc([C@@H](C(=O)NC[C@H]2CCCO2)N(C(=O)Cn2nnc3ccccc32)C2CCCCC2)cc1. The van der Waals surface area contributed by atoms with Crippen molar-refractivity contribution in [2.45, 2.75) is 76.6 Å². The number of nitrogens with zero attached hydrogens (tertiary/aromatic N) is 4. The Hall–Kier alpha value is -3.26. The summed E-state index contributed by atoms with van der Waals surface area (Å²) in [6.45, 7) is 3.26. The Kier molecular flexibility index (Phi) is 7.60. The largest absolute Gasteiger partial charge is 0.376 e. The highest BCUT2D eigenvalue weighted by molar-refractivity contribution is 5.89. The maximum atomic E-state index is 14.0. The summed E-state index contributed by atoms with van der Waals surface area (Å²) >= 11 is 0. The number of carbonyl (C=O) groups is 2. The summed E-state index contributed by atoms with van der Waals surface area (Å²) in [6.07, 6.45) is 7.05. The molecule has 1 aromatic heterocycles. The van der Waals surface area contributed by atoms with Crippen LogP contribution in [0.15, 0.2) is 48.5 Å². The van der Waals surface area contributed by atoms with E-state index in [0.717, 1.165) is 73.7 Å². The van der Waals surface area contributed by atoms with Crippen molar-refractivity contribution >= 4 is 22.8 Å². The van der Waals surface area contributed by atoms with Crippen LogP contribution in [0.4, 0.5) is 0 Å². The Labute approximate surface area is 212 Å². The highest BCUT2D eigenvalue weighted by Gasteiger charge is 2.37. The minimum absolute atomic E-state index is 0.000759. The van der Waals surface area contributed by atoms with E-state index in [2.05, 4.69) is 15.6 Å². The summed E-state index contributed by atoms with van der Waals surface area (Å²) < 4.78 is 7.37. The lowest BCUT2D eigenvalue weighted by Crippen LogP contribution is -2.51. The van der Waals surface area contributed by atoms with E-state index >= 15 is 0 Å². The highest BCUT2D eigenvalue weighted by Crippen LogP contribution is 2.32. The van der Waals surface area contributed by atoms with Gasteiger partial charge in [0.15, 0.2) is 0 Å². The number of aryl methyl sites for hydroxylation is 1. The van der Waals surface area contributed by atoms with Crippen molar-refractivity contribution in [2.75, 3.05) is 13.2 Å². The van der Waals surface area contributed by atoms with E-state index in [1.807, 2.05) is 60.4 Å². The van der Waals surface area contributed by atoms with Gasteiger partial charge in [0.05, 0.1) is 11.6 Å². The van der Waals surface area contributed by atoms with Crippen LogP contribution in [0.1, 0.15) is 62.1 Å². The lowest BCUT2D eigenvalue weighted by atomic mass is 9.91. The zero-order valence-corrected chi connectivity index (χ0v) is 20.9. The van der Waals surface area contributed by atoms with Crippen molar-refractivity contribution in [1.29, 1.82) is 0 Å². The number of aromatic nitrogens is 3. The van der Waals surface area contributed by atoms with Gasteiger partial charge in [0.25, 0.3) is 0 Å². The first-order valence-corrected chi connectivity index (χ1v) is 13.2. The van der Waals surface area contributed by atoms with Gasteiger partial charge in [-0.05, 0) is 50.3 Å². The van der Waals surface area contributed by atoms with Crippen molar-refractivity contribution in [1.82, 2.24) is 25.2 Å². The molecule has 5 rings (SSSR count). The van der Waals surface area contributed by atoms with Crippen LogP contribution in [0, 0.1) is 6.92 Å². The normalized spacial score (nSPS) is 19.3. The second kappa shape index (κ2) is 11.2. The maximum absolute atomic E-state index is 14.0. The van der Waals surface area contributed by atoms with Crippen LogP contribution in [0.3, 0.4) is 0 Å². The number of benzene rings is 2. The van der Waals surface area contributed by atoms with E-state index in [4.69, 9.17) is 4.74 Å². The molecule has 2 atom stereocenters. The van der Waals surface area contributed by atoms with E-state index in [1.54, 1.807) is 4.68 Å². The van der Waals surface area contributed by atoms with Gasteiger partial charge in [-0.1, -0.05) is 66.4 Å². The fourth-order valence-corrected chi connectivity index (χ4v) is 5.47. The van der Waals surface area contributed by atoms with Crippen LogP contribution in [-0.4, -0.2) is 57.0 Å². The average molecular weight is 490 g/mol. The number of para-hydroxylation sites is 1. The molecular weight excluding hydrogens is 454 g/mol. The fraction of sp³-hybridized carbons (Fsp3) is 0.500. The Morgan fingerprint density at radius 1 is 1.06 bits per heavy atom. The van der Waals surface area contributed by atoms with Crippen molar-refractivity contribution in [2.24, 2.45) is 0 Å². The van der Waals surface area contributed by atoms with Gasteiger partial charge in [0.1, 0.15) is 18.1 Å². The molecule has 1 saturated heterocycles. The maximum Gasteiger partial charge on any atom is 0.247 e. The van der Waals surface area contributed by atoms with Gasteiger partial charge in [-0.15, -0.1) is 5.10 Å². The third-order valence-corrected chi connectivity index (χ3v) is 7.41. The predicted molar refractivity (Wildman–Crippen MR) is 137 cm³/mol. The molecule has 0 spiro atoms. The van der Waals surface area contributed by atoms with Gasteiger partial charge in [0.2, 0.25) is 11.8 Å². The topological polar surface area (TPSA) is 89.4 Å². The molecular formula is C28H35N5O3. The zero-order chi connectivity index (χ0) is 24.9. The van der Waals surface area contributed by atoms with Gasteiger partial charge < -0.3 is 15.0 Å². The van der Waals surface area contributed by atoms with Gasteiger partial charge in [-0.3, -0.25) is 9.59 Å². The summed E-state index contributed by atoms with van der Waals surface area (Å²) in [4.78, 5) is 29.7. The van der Waals surface area contributed by atoms with Crippen LogP contribution in [0.5, 0.6) is 0 Å². The van der Waals surface area contributed by atoms with Gasteiger partial charge in [-0.25, -0.2) is 4.68 Å².